The average molecular weight is 96.2 g/mol. The maximum Gasteiger partial charge on any atom is -0.0493 e. The van der Waals surface area contributed by atoms with Crippen LogP contribution in [-0.2, 0) is 0 Å². The summed E-state index contributed by atoms with van der Waals surface area (Å²) in [5, 5.41) is 0. The Kier molecular flexibility index (Phi) is 1.72. The van der Waals surface area contributed by atoms with E-state index in [9.17, 15) is 0 Å². The second kappa shape index (κ2) is 2.34. The third kappa shape index (κ3) is 1.50. The monoisotopic (exact) mass is 96.1 g/mol. The molecule has 0 spiro atoms. The van der Waals surface area contributed by atoms with E-state index in [1.807, 2.05) is 0 Å². The largest absolute Gasteiger partial charge is 0.477 e. The smallest absolute Gasteiger partial charge is 0.0493 e. The minimum absolute atomic E-state index is 0.973. The molecule has 0 aliphatic heterocycles. The zero-order valence-corrected chi connectivity index (χ0v) is 4.91. The zero-order chi connectivity index (χ0) is 5.11. The van der Waals surface area contributed by atoms with Crippen LogP contribution < -0.4 is 0 Å². The summed E-state index contributed by atoms with van der Waals surface area (Å²) in [6.45, 7) is 2.32. The molecule has 0 aromatic carbocycles. The van der Waals surface area contributed by atoms with Crippen LogP contribution >= 0.6 is 0 Å². The lowest BCUT2D eigenvalue weighted by molar-refractivity contribution is 0.440. The highest BCUT2D eigenvalue weighted by molar-refractivity contribution is 4.73. The van der Waals surface area contributed by atoms with Gasteiger partial charge >= 0.3 is 0 Å². The molecule has 0 nitrogen and oxygen atoms in total. The van der Waals surface area contributed by atoms with Crippen molar-refractivity contribution in [1.82, 2.24) is 0 Å². The molecule has 0 saturated heterocycles. The van der Waals surface area contributed by atoms with Crippen molar-refractivity contribution in [3.05, 3.63) is 6.42 Å². The summed E-state index contributed by atoms with van der Waals surface area (Å²) in [6, 6.07) is 0. The molecule has 0 amide bonds. The van der Waals surface area contributed by atoms with Gasteiger partial charge in [0.25, 0.3) is 0 Å². The predicted octanol–water partition coefficient (Wildman–Crippen LogP) is 2.28. The summed E-state index contributed by atoms with van der Waals surface area (Å²) < 4.78 is 0. The van der Waals surface area contributed by atoms with Crippen molar-refractivity contribution in [3.8, 4) is 0 Å². The van der Waals surface area contributed by atoms with E-state index >= 15 is 0 Å². The zero-order valence-electron chi connectivity index (χ0n) is 4.91. The Balaban J connectivity index is 2.12. The van der Waals surface area contributed by atoms with Crippen molar-refractivity contribution >= 4 is 0 Å². The molecular weight excluding hydrogens is 84.1 g/mol. The lowest BCUT2D eigenvalue weighted by Gasteiger charge is -2.27. The molecule has 1 saturated carbocycles. The van der Waals surface area contributed by atoms with Gasteiger partial charge in [-0.25, -0.2) is 12.8 Å². The summed E-state index contributed by atoms with van der Waals surface area (Å²) >= 11 is 0. The number of hydrogen-bond donors (Lipinski definition) is 0. The lowest BCUT2D eigenvalue weighted by Crippen LogP contribution is -2.00. The molecule has 0 heteroatoms. The van der Waals surface area contributed by atoms with E-state index in [0.29, 0.717) is 0 Å². The van der Waals surface area contributed by atoms with Crippen LogP contribution in [0.15, 0.2) is 0 Å². The highest BCUT2D eigenvalue weighted by Crippen LogP contribution is 2.21. The Morgan fingerprint density at radius 3 is 2.14 bits per heavy atom. The van der Waals surface area contributed by atoms with Gasteiger partial charge in [0.2, 0.25) is 0 Å². The number of rotatable bonds is 0. The first-order valence-electron chi connectivity index (χ1n) is 3.10. The molecule has 1 radical (unpaired) electrons. The second-order valence-corrected chi connectivity index (χ2v) is 2.43. The molecule has 1 fully saturated rings. The summed E-state index contributed by atoms with van der Waals surface area (Å²) in [7, 11) is 0. The Bertz CT molecular complexity index is 42.0. The molecule has 0 aromatic rings. The van der Waals surface area contributed by atoms with Crippen LogP contribution in [-0.4, -0.2) is 0 Å². The van der Waals surface area contributed by atoms with Gasteiger partial charge in [-0.3, -0.25) is 0 Å². The van der Waals surface area contributed by atoms with Gasteiger partial charge in [-0.05, 0) is 5.92 Å². The fraction of sp³-hybridized carbons (Fsp3) is 0.857. The van der Waals surface area contributed by atoms with Crippen LogP contribution in [0.2, 0.25) is 0 Å². The molecule has 1 aliphatic carbocycles. The van der Waals surface area contributed by atoms with Gasteiger partial charge in [0, 0.05) is 0 Å². The molecular formula is C7H12-. The van der Waals surface area contributed by atoms with Crippen LogP contribution in [0.3, 0.4) is 0 Å². The van der Waals surface area contributed by atoms with Gasteiger partial charge in [-0.1, -0.05) is 19.8 Å². The van der Waals surface area contributed by atoms with Crippen LogP contribution in [0, 0.1) is 12.3 Å². The topological polar surface area (TPSA) is 0 Å². The molecule has 0 unspecified atom stereocenters. The SMILES string of the molecule is CC1CC[C-]CC1. The van der Waals surface area contributed by atoms with E-state index < -0.39 is 0 Å². The fourth-order valence-corrected chi connectivity index (χ4v) is 0.966. The third-order valence-electron chi connectivity index (χ3n) is 1.63. The van der Waals surface area contributed by atoms with Crippen molar-refractivity contribution in [2.75, 3.05) is 0 Å². The van der Waals surface area contributed by atoms with E-state index in [2.05, 4.69) is 13.3 Å². The second-order valence-electron chi connectivity index (χ2n) is 2.43. The molecule has 1 rings (SSSR count). The molecule has 0 bridgehead atoms. The van der Waals surface area contributed by atoms with Gasteiger partial charge < -0.3 is 6.42 Å². The predicted molar refractivity (Wildman–Crippen MR) is 30.9 cm³/mol. The molecule has 7 heavy (non-hydrogen) atoms. The Labute approximate surface area is 45.9 Å². The van der Waals surface area contributed by atoms with E-state index in [0.717, 1.165) is 5.92 Å². The van der Waals surface area contributed by atoms with Crippen molar-refractivity contribution in [2.24, 2.45) is 5.92 Å². The molecule has 0 heterocycles. The van der Waals surface area contributed by atoms with Crippen LogP contribution in [0.5, 0.6) is 0 Å². The van der Waals surface area contributed by atoms with Crippen LogP contribution in [0.25, 0.3) is 0 Å². The van der Waals surface area contributed by atoms with E-state index in [-0.39, 0.29) is 0 Å². The minimum atomic E-state index is 0.973. The van der Waals surface area contributed by atoms with Gasteiger partial charge in [-0.2, -0.15) is 0 Å². The Morgan fingerprint density at radius 1 is 1.29 bits per heavy atom. The summed E-state index contributed by atoms with van der Waals surface area (Å²) in [5.41, 5.74) is 0. The van der Waals surface area contributed by atoms with Gasteiger partial charge in [-0.15, -0.1) is 0 Å². The van der Waals surface area contributed by atoms with E-state index in [4.69, 9.17) is 0 Å². The molecule has 1 aliphatic rings. The van der Waals surface area contributed by atoms with Crippen molar-refractivity contribution in [3.63, 3.8) is 0 Å². The van der Waals surface area contributed by atoms with Gasteiger partial charge in [0.1, 0.15) is 0 Å². The van der Waals surface area contributed by atoms with Crippen molar-refractivity contribution in [1.29, 1.82) is 0 Å². The molecule has 0 atom stereocenters. The maximum absolute atomic E-state index is 3.32. The van der Waals surface area contributed by atoms with Crippen molar-refractivity contribution in [2.45, 2.75) is 32.6 Å². The van der Waals surface area contributed by atoms with Gasteiger partial charge in [0.15, 0.2) is 0 Å². The summed E-state index contributed by atoms with van der Waals surface area (Å²) in [4.78, 5) is 0. The van der Waals surface area contributed by atoms with Gasteiger partial charge in [0.05, 0.1) is 0 Å². The first kappa shape index (κ1) is 5.14. The Hall–Kier alpha value is 0. The highest BCUT2D eigenvalue weighted by Gasteiger charge is 1.97. The summed E-state index contributed by atoms with van der Waals surface area (Å²) in [6.07, 6.45) is 8.54. The maximum atomic E-state index is 3.32. The quantitative estimate of drug-likeness (QED) is 0.406. The third-order valence-corrected chi connectivity index (χ3v) is 1.63. The van der Waals surface area contributed by atoms with E-state index in [1.54, 1.807) is 0 Å². The highest BCUT2D eigenvalue weighted by atomic mass is 14.1. The normalized spacial score (nSPS) is 25.3. The van der Waals surface area contributed by atoms with E-state index in [1.165, 1.54) is 25.7 Å². The van der Waals surface area contributed by atoms with Crippen LogP contribution in [0.1, 0.15) is 32.6 Å². The average Bonchev–Trinajstić information content (AvgIpc) is 1.69. The lowest BCUT2D eigenvalue weighted by atomic mass is 9.91. The van der Waals surface area contributed by atoms with Crippen LogP contribution in [0.4, 0.5) is 0 Å². The fourth-order valence-electron chi connectivity index (χ4n) is 0.966. The first-order chi connectivity index (χ1) is 3.39. The summed E-state index contributed by atoms with van der Waals surface area (Å²) in [5.74, 6) is 0.973. The molecule has 0 N–H and O–H groups in total. The standard InChI is InChI=1S/C7H12/c1-7-5-3-2-4-6-7/h7H,3-6H2,1H3/q-1. The molecule has 0 aromatic heterocycles. The molecule has 41 valence electrons. The van der Waals surface area contributed by atoms with Crippen molar-refractivity contribution < 1.29 is 0 Å². The minimum Gasteiger partial charge on any atom is -0.477 e. The Morgan fingerprint density at radius 2 is 1.86 bits per heavy atom. The number of hydrogen-bond acceptors (Lipinski definition) is 0. The first-order valence-corrected chi connectivity index (χ1v) is 3.10.